The fraction of sp³-hybridized carbons (Fsp3) is 0.0690. The van der Waals surface area contributed by atoms with Crippen LogP contribution in [0.3, 0.4) is 0 Å². The van der Waals surface area contributed by atoms with E-state index >= 15 is 0 Å². The quantitative estimate of drug-likeness (QED) is 0.307. The molecule has 0 bridgehead atoms. The lowest BCUT2D eigenvalue weighted by molar-refractivity contribution is -0.116. The Kier molecular flexibility index (Phi) is 8.01. The van der Waals surface area contributed by atoms with Crippen LogP contribution in [0, 0.1) is 0 Å². The number of hydrogen-bond donors (Lipinski definition) is 3. The van der Waals surface area contributed by atoms with Crippen LogP contribution in [0.2, 0.25) is 0 Å². The van der Waals surface area contributed by atoms with Gasteiger partial charge in [0, 0.05) is 37.2 Å². The Balaban J connectivity index is 1.27. The van der Waals surface area contributed by atoms with Gasteiger partial charge in [-0.3, -0.25) is 9.78 Å². The number of carbonyl (C=O) groups is 2. The molecule has 3 amide bonds. The maximum absolute atomic E-state index is 12.3. The molecule has 35 heavy (non-hydrogen) atoms. The second-order valence-electron chi connectivity index (χ2n) is 7.91. The minimum Gasteiger partial charge on any atom is -0.348 e. The lowest BCUT2D eigenvalue weighted by atomic mass is 10.0. The number of carbonyl (C=O) groups excluding carboxylic acids is 2. The summed E-state index contributed by atoms with van der Waals surface area (Å²) in [6.45, 7) is 0.756. The molecular formula is C29H26N4O2. The summed E-state index contributed by atoms with van der Waals surface area (Å²) in [6.07, 6.45) is 6.69. The van der Waals surface area contributed by atoms with Crippen LogP contribution in [0.25, 0.3) is 17.2 Å². The highest BCUT2D eigenvalue weighted by Crippen LogP contribution is 2.20. The molecule has 174 valence electrons. The molecule has 0 aliphatic heterocycles. The molecule has 1 aromatic heterocycles. The number of pyridine rings is 1. The van der Waals surface area contributed by atoms with Crippen LogP contribution in [0.15, 0.2) is 109 Å². The van der Waals surface area contributed by atoms with Gasteiger partial charge >= 0.3 is 6.03 Å². The minimum absolute atomic E-state index is 0.191. The second-order valence-corrected chi connectivity index (χ2v) is 7.91. The second kappa shape index (κ2) is 12.0. The highest BCUT2D eigenvalue weighted by Gasteiger charge is 2.04. The van der Waals surface area contributed by atoms with E-state index in [1.807, 2.05) is 72.8 Å². The number of anilines is 1. The van der Waals surface area contributed by atoms with Crippen LogP contribution >= 0.6 is 0 Å². The Morgan fingerprint density at radius 2 is 1.46 bits per heavy atom. The van der Waals surface area contributed by atoms with Crippen LogP contribution in [-0.2, 0) is 17.9 Å². The summed E-state index contributed by atoms with van der Waals surface area (Å²) in [4.78, 5) is 28.5. The van der Waals surface area contributed by atoms with Crippen molar-refractivity contribution in [2.45, 2.75) is 13.1 Å². The fourth-order valence-electron chi connectivity index (χ4n) is 3.49. The van der Waals surface area contributed by atoms with Crippen LogP contribution in [-0.4, -0.2) is 16.9 Å². The number of aromatic nitrogens is 1. The summed E-state index contributed by atoms with van der Waals surface area (Å²) < 4.78 is 0. The van der Waals surface area contributed by atoms with Gasteiger partial charge in [-0.25, -0.2) is 4.79 Å². The van der Waals surface area contributed by atoms with Crippen LogP contribution in [0.4, 0.5) is 10.5 Å². The summed E-state index contributed by atoms with van der Waals surface area (Å²) in [5, 5.41) is 8.50. The summed E-state index contributed by atoms with van der Waals surface area (Å²) >= 11 is 0. The van der Waals surface area contributed by atoms with Gasteiger partial charge in [0.2, 0.25) is 5.91 Å². The molecule has 4 rings (SSSR count). The molecule has 0 saturated carbocycles. The molecule has 0 atom stereocenters. The number of nitrogens with zero attached hydrogens (tertiary/aromatic N) is 1. The predicted molar refractivity (Wildman–Crippen MR) is 139 cm³/mol. The van der Waals surface area contributed by atoms with Crippen molar-refractivity contribution in [1.82, 2.24) is 15.6 Å². The van der Waals surface area contributed by atoms with Crippen molar-refractivity contribution < 1.29 is 9.59 Å². The zero-order chi connectivity index (χ0) is 24.3. The van der Waals surface area contributed by atoms with Crippen molar-refractivity contribution in [2.75, 3.05) is 5.32 Å². The first-order valence-electron chi connectivity index (χ1n) is 11.3. The first-order chi connectivity index (χ1) is 17.2. The number of urea groups is 1. The molecule has 6 nitrogen and oxygen atoms in total. The molecule has 6 heteroatoms. The van der Waals surface area contributed by atoms with Crippen LogP contribution in [0.5, 0.6) is 0 Å². The third kappa shape index (κ3) is 7.40. The van der Waals surface area contributed by atoms with Gasteiger partial charge in [0.15, 0.2) is 0 Å². The summed E-state index contributed by atoms with van der Waals surface area (Å²) in [5.41, 5.74) is 5.67. The molecule has 0 spiro atoms. The Morgan fingerprint density at radius 1 is 0.714 bits per heavy atom. The van der Waals surface area contributed by atoms with E-state index in [1.165, 1.54) is 6.08 Å². The van der Waals surface area contributed by atoms with E-state index in [9.17, 15) is 9.59 Å². The van der Waals surface area contributed by atoms with Crippen molar-refractivity contribution in [3.8, 4) is 11.1 Å². The Labute approximate surface area is 204 Å². The maximum Gasteiger partial charge on any atom is 0.319 e. The Hall–Kier alpha value is -4.71. The minimum atomic E-state index is -0.302. The molecule has 1 heterocycles. The average Bonchev–Trinajstić information content (AvgIpc) is 2.91. The van der Waals surface area contributed by atoms with Gasteiger partial charge in [-0.1, -0.05) is 60.7 Å². The van der Waals surface area contributed by atoms with Crippen molar-refractivity contribution in [3.05, 3.63) is 126 Å². The van der Waals surface area contributed by atoms with Gasteiger partial charge in [-0.2, -0.15) is 0 Å². The zero-order valence-corrected chi connectivity index (χ0v) is 19.1. The van der Waals surface area contributed by atoms with E-state index in [1.54, 1.807) is 24.5 Å². The molecular weight excluding hydrogens is 436 g/mol. The fourth-order valence-corrected chi connectivity index (χ4v) is 3.49. The van der Waals surface area contributed by atoms with E-state index in [0.29, 0.717) is 18.8 Å². The monoisotopic (exact) mass is 462 g/mol. The molecule has 0 unspecified atom stereocenters. The molecule has 0 fully saturated rings. The molecule has 0 aliphatic carbocycles. The van der Waals surface area contributed by atoms with Crippen LogP contribution in [0.1, 0.15) is 16.7 Å². The normalized spacial score (nSPS) is 10.6. The maximum atomic E-state index is 12.3. The highest BCUT2D eigenvalue weighted by molar-refractivity contribution is 5.92. The van der Waals surface area contributed by atoms with Gasteiger partial charge in [0.05, 0.1) is 0 Å². The first-order valence-corrected chi connectivity index (χ1v) is 11.3. The molecule has 0 aliphatic rings. The predicted octanol–water partition coefficient (Wildman–Crippen LogP) is 5.40. The number of amides is 3. The average molecular weight is 463 g/mol. The zero-order valence-electron chi connectivity index (χ0n) is 19.1. The topological polar surface area (TPSA) is 83.1 Å². The first kappa shape index (κ1) is 23.4. The van der Waals surface area contributed by atoms with Crippen LogP contribution < -0.4 is 16.0 Å². The van der Waals surface area contributed by atoms with Gasteiger partial charge in [-0.05, 0) is 64.2 Å². The van der Waals surface area contributed by atoms with Gasteiger partial charge in [0.25, 0.3) is 0 Å². The van der Waals surface area contributed by atoms with E-state index in [0.717, 1.165) is 27.8 Å². The van der Waals surface area contributed by atoms with E-state index in [4.69, 9.17) is 0 Å². The van der Waals surface area contributed by atoms with E-state index in [-0.39, 0.29) is 11.9 Å². The summed E-state index contributed by atoms with van der Waals surface area (Å²) in [7, 11) is 0. The Morgan fingerprint density at radius 3 is 2.29 bits per heavy atom. The molecule has 3 aromatic carbocycles. The van der Waals surface area contributed by atoms with Gasteiger partial charge in [-0.15, -0.1) is 0 Å². The van der Waals surface area contributed by atoms with Gasteiger partial charge in [0.1, 0.15) is 0 Å². The summed E-state index contributed by atoms with van der Waals surface area (Å²) in [5.74, 6) is -0.191. The molecule has 0 radical (unpaired) electrons. The third-order valence-corrected chi connectivity index (χ3v) is 5.27. The summed E-state index contributed by atoms with van der Waals surface area (Å²) in [6, 6.07) is 28.9. The SMILES string of the molecule is O=C(/C=C/c1cccc(-c2ccccc2)c1)NCc1cccc(NC(=O)NCc2ccncc2)c1. The lowest BCUT2D eigenvalue weighted by Gasteiger charge is -2.09. The molecule has 3 N–H and O–H groups in total. The van der Waals surface area contributed by atoms with Crippen molar-refractivity contribution in [2.24, 2.45) is 0 Å². The molecule has 4 aromatic rings. The van der Waals surface area contributed by atoms with Gasteiger partial charge < -0.3 is 16.0 Å². The van der Waals surface area contributed by atoms with E-state index in [2.05, 4.69) is 33.1 Å². The Bertz CT molecular complexity index is 1300. The number of hydrogen-bond acceptors (Lipinski definition) is 3. The number of rotatable bonds is 8. The largest absolute Gasteiger partial charge is 0.348 e. The highest BCUT2D eigenvalue weighted by atomic mass is 16.2. The van der Waals surface area contributed by atoms with Crippen molar-refractivity contribution in [3.63, 3.8) is 0 Å². The number of nitrogens with one attached hydrogen (secondary N) is 3. The van der Waals surface area contributed by atoms with E-state index < -0.39 is 0 Å². The standard InChI is InChI=1S/C29H26N4O2/c34-28(13-12-22-6-4-10-26(18-22)25-8-2-1-3-9-25)31-21-24-7-5-11-27(19-24)33-29(35)32-20-23-14-16-30-17-15-23/h1-19H,20-21H2,(H,31,34)(H2,32,33,35)/b13-12+. The smallest absolute Gasteiger partial charge is 0.319 e. The lowest BCUT2D eigenvalue weighted by Crippen LogP contribution is -2.28. The van der Waals surface area contributed by atoms with Crippen molar-refractivity contribution in [1.29, 1.82) is 0 Å². The van der Waals surface area contributed by atoms with Crippen molar-refractivity contribution >= 4 is 23.7 Å². The third-order valence-electron chi connectivity index (χ3n) is 5.27. The number of benzene rings is 3. The molecule has 0 saturated heterocycles.